The van der Waals surface area contributed by atoms with E-state index >= 15 is 0 Å². The Hall–Kier alpha value is -4.32. The number of nitrogens with zero attached hydrogens (tertiary/aromatic N) is 3. The molecule has 0 atom stereocenters. The van der Waals surface area contributed by atoms with Gasteiger partial charge in [-0.3, -0.25) is 9.78 Å². The molecule has 1 aliphatic carbocycles. The zero-order chi connectivity index (χ0) is 25.5. The van der Waals surface area contributed by atoms with Crippen molar-refractivity contribution in [2.75, 3.05) is 6.61 Å². The lowest BCUT2D eigenvalue weighted by atomic mass is 9.84. The first-order chi connectivity index (χ1) is 18.2. The Morgan fingerprint density at radius 2 is 1.73 bits per heavy atom. The maximum absolute atomic E-state index is 12.6. The molecule has 0 amide bonds. The van der Waals surface area contributed by atoms with Crippen LogP contribution in [0.2, 0.25) is 0 Å². The molecule has 6 nitrogen and oxygen atoms in total. The molecule has 2 heterocycles. The van der Waals surface area contributed by atoms with Crippen LogP contribution in [0.25, 0.3) is 23.0 Å². The SMILES string of the molecule is O=C(C=Cc1cn(-c2ccccc2)nc1-c1cccnc1)OCC(=O)c1ccc(C2CCCCC2)cc1. The summed E-state index contributed by atoms with van der Waals surface area (Å²) in [6.45, 7) is -0.301. The van der Waals surface area contributed by atoms with Crippen LogP contribution in [0.5, 0.6) is 0 Å². The van der Waals surface area contributed by atoms with Gasteiger partial charge in [0.15, 0.2) is 12.4 Å². The van der Waals surface area contributed by atoms with Crippen molar-refractivity contribution in [2.45, 2.75) is 38.0 Å². The van der Waals surface area contributed by atoms with Crippen molar-refractivity contribution in [3.05, 3.63) is 108 Å². The van der Waals surface area contributed by atoms with Gasteiger partial charge < -0.3 is 4.74 Å². The van der Waals surface area contributed by atoms with Crippen LogP contribution in [0.4, 0.5) is 0 Å². The van der Waals surface area contributed by atoms with Gasteiger partial charge in [-0.1, -0.05) is 61.7 Å². The van der Waals surface area contributed by atoms with Crippen LogP contribution in [0, 0.1) is 0 Å². The summed E-state index contributed by atoms with van der Waals surface area (Å²) in [5.74, 6) is -0.217. The molecule has 0 saturated heterocycles. The number of pyridine rings is 1. The van der Waals surface area contributed by atoms with Crippen molar-refractivity contribution >= 4 is 17.8 Å². The zero-order valence-corrected chi connectivity index (χ0v) is 20.6. The lowest BCUT2D eigenvalue weighted by Crippen LogP contribution is -2.13. The van der Waals surface area contributed by atoms with Crippen molar-refractivity contribution in [3.63, 3.8) is 0 Å². The normalized spacial score (nSPS) is 14.1. The third-order valence-electron chi connectivity index (χ3n) is 6.75. The summed E-state index contributed by atoms with van der Waals surface area (Å²) in [6, 6.07) is 21.2. The molecule has 0 unspecified atom stereocenters. The number of benzene rings is 2. The first kappa shape index (κ1) is 24.4. The third kappa shape index (κ3) is 6.09. The summed E-state index contributed by atoms with van der Waals surface area (Å²) in [6.07, 6.45) is 14.5. The molecule has 37 heavy (non-hydrogen) atoms. The fraction of sp³-hybridized carbons (Fsp3) is 0.226. The third-order valence-corrected chi connectivity index (χ3v) is 6.75. The molecule has 4 aromatic rings. The van der Waals surface area contributed by atoms with E-state index < -0.39 is 5.97 Å². The van der Waals surface area contributed by atoms with Gasteiger partial charge in [0.2, 0.25) is 0 Å². The maximum Gasteiger partial charge on any atom is 0.331 e. The maximum atomic E-state index is 12.6. The Morgan fingerprint density at radius 1 is 0.946 bits per heavy atom. The summed E-state index contributed by atoms with van der Waals surface area (Å²) in [5.41, 5.74) is 5.00. The summed E-state index contributed by atoms with van der Waals surface area (Å²) in [7, 11) is 0. The van der Waals surface area contributed by atoms with Gasteiger partial charge >= 0.3 is 5.97 Å². The molecule has 0 N–H and O–H groups in total. The standard InChI is InChI=1S/C31H29N3O3/c35-29(25-15-13-24(14-16-25)23-8-3-1-4-9-23)22-37-30(36)18-17-27-21-34(28-11-5-2-6-12-28)33-31(27)26-10-7-19-32-20-26/h2,5-7,10-21,23H,1,3-4,8-9,22H2. The Balaban J connectivity index is 1.24. The Labute approximate surface area is 216 Å². The monoisotopic (exact) mass is 491 g/mol. The number of aromatic nitrogens is 3. The highest BCUT2D eigenvalue weighted by atomic mass is 16.5. The minimum Gasteiger partial charge on any atom is -0.454 e. The summed E-state index contributed by atoms with van der Waals surface area (Å²) >= 11 is 0. The highest BCUT2D eigenvalue weighted by Gasteiger charge is 2.16. The van der Waals surface area contributed by atoms with Crippen molar-refractivity contribution in [1.82, 2.24) is 14.8 Å². The number of ether oxygens (including phenoxy) is 1. The molecule has 5 rings (SSSR count). The molecule has 0 aliphatic heterocycles. The number of ketones is 1. The Kier molecular flexibility index (Phi) is 7.65. The van der Waals surface area contributed by atoms with Crippen LogP contribution < -0.4 is 0 Å². The van der Waals surface area contributed by atoms with Crippen LogP contribution in [0.15, 0.2) is 91.4 Å². The lowest BCUT2D eigenvalue weighted by molar-refractivity contribution is -0.136. The fourth-order valence-corrected chi connectivity index (χ4v) is 4.75. The van der Waals surface area contributed by atoms with Gasteiger partial charge in [0.25, 0.3) is 0 Å². The predicted molar refractivity (Wildman–Crippen MR) is 143 cm³/mol. The van der Waals surface area contributed by atoms with E-state index in [1.165, 1.54) is 43.7 Å². The van der Waals surface area contributed by atoms with Crippen LogP contribution in [-0.2, 0) is 9.53 Å². The molecule has 186 valence electrons. The number of carbonyl (C=O) groups is 2. The minimum atomic E-state index is -0.586. The van der Waals surface area contributed by atoms with Crippen LogP contribution >= 0.6 is 0 Å². The highest BCUT2D eigenvalue weighted by molar-refractivity contribution is 5.99. The van der Waals surface area contributed by atoms with Crippen molar-refractivity contribution in [2.24, 2.45) is 0 Å². The molecule has 1 saturated carbocycles. The Bertz CT molecular complexity index is 1370. The van der Waals surface area contributed by atoms with Gasteiger partial charge in [-0.25, -0.2) is 9.48 Å². The average molecular weight is 492 g/mol. The van der Waals surface area contributed by atoms with Crippen LogP contribution in [0.1, 0.15) is 59.5 Å². The molecule has 2 aromatic carbocycles. The number of rotatable bonds is 8. The van der Waals surface area contributed by atoms with E-state index in [-0.39, 0.29) is 12.4 Å². The second-order valence-electron chi connectivity index (χ2n) is 9.28. The van der Waals surface area contributed by atoms with Crippen LogP contribution in [0.3, 0.4) is 0 Å². The van der Waals surface area contributed by atoms with Crippen molar-refractivity contribution in [1.29, 1.82) is 0 Å². The number of esters is 1. The molecule has 0 bridgehead atoms. The summed E-state index contributed by atoms with van der Waals surface area (Å²) in [4.78, 5) is 29.2. The average Bonchev–Trinajstić information content (AvgIpc) is 3.41. The van der Waals surface area contributed by atoms with Gasteiger partial charge in [0.1, 0.15) is 5.69 Å². The largest absolute Gasteiger partial charge is 0.454 e. The first-order valence-corrected chi connectivity index (χ1v) is 12.7. The Morgan fingerprint density at radius 3 is 2.46 bits per heavy atom. The number of carbonyl (C=O) groups excluding carboxylic acids is 2. The second kappa shape index (κ2) is 11.6. The fourth-order valence-electron chi connectivity index (χ4n) is 4.75. The summed E-state index contributed by atoms with van der Waals surface area (Å²) in [5, 5.41) is 4.70. The molecular formula is C31H29N3O3. The topological polar surface area (TPSA) is 74.1 Å². The predicted octanol–water partition coefficient (Wildman–Crippen LogP) is 6.42. The molecule has 0 spiro atoms. The number of hydrogen-bond acceptors (Lipinski definition) is 5. The second-order valence-corrected chi connectivity index (χ2v) is 9.28. The molecular weight excluding hydrogens is 462 g/mol. The van der Waals surface area contributed by atoms with Crippen molar-refractivity contribution in [3.8, 4) is 16.9 Å². The van der Waals surface area contributed by atoms with Crippen LogP contribution in [-0.4, -0.2) is 33.1 Å². The lowest BCUT2D eigenvalue weighted by Gasteiger charge is -2.22. The summed E-state index contributed by atoms with van der Waals surface area (Å²) < 4.78 is 7.01. The number of para-hydroxylation sites is 1. The van der Waals surface area contributed by atoms with Gasteiger partial charge in [0, 0.05) is 41.4 Å². The van der Waals surface area contributed by atoms with E-state index in [0.29, 0.717) is 17.2 Å². The van der Waals surface area contributed by atoms with Gasteiger partial charge in [-0.2, -0.15) is 5.10 Å². The van der Waals surface area contributed by atoms with Gasteiger partial charge in [-0.05, 0) is 54.7 Å². The quantitative estimate of drug-likeness (QED) is 0.161. The smallest absolute Gasteiger partial charge is 0.331 e. The number of hydrogen-bond donors (Lipinski definition) is 0. The number of Topliss-reactive ketones (excluding diaryl/α,β-unsaturated/α-hetero) is 1. The highest BCUT2D eigenvalue weighted by Crippen LogP contribution is 2.32. The van der Waals surface area contributed by atoms with E-state index in [1.807, 2.05) is 72.9 Å². The van der Waals surface area contributed by atoms with E-state index in [9.17, 15) is 9.59 Å². The van der Waals surface area contributed by atoms with Crippen molar-refractivity contribution < 1.29 is 14.3 Å². The van der Waals surface area contributed by atoms with E-state index in [2.05, 4.69) is 4.98 Å². The zero-order valence-electron chi connectivity index (χ0n) is 20.6. The first-order valence-electron chi connectivity index (χ1n) is 12.7. The molecule has 1 aliphatic rings. The van der Waals surface area contributed by atoms with E-state index in [0.717, 1.165) is 16.8 Å². The molecule has 1 fully saturated rings. The minimum absolute atomic E-state index is 0.218. The molecule has 2 aromatic heterocycles. The molecule has 0 radical (unpaired) electrons. The van der Waals surface area contributed by atoms with E-state index in [1.54, 1.807) is 23.2 Å². The van der Waals surface area contributed by atoms with Gasteiger partial charge in [-0.15, -0.1) is 0 Å². The van der Waals surface area contributed by atoms with E-state index in [4.69, 9.17) is 9.84 Å². The van der Waals surface area contributed by atoms with Gasteiger partial charge in [0.05, 0.1) is 5.69 Å². The molecule has 6 heteroatoms.